The maximum Gasteiger partial charge on any atom is 0.269 e. The van der Waals surface area contributed by atoms with Gasteiger partial charge < -0.3 is 0 Å². The number of nitro benzene ring substituents is 1. The summed E-state index contributed by atoms with van der Waals surface area (Å²) in [5.41, 5.74) is 0.429. The van der Waals surface area contributed by atoms with Crippen LogP contribution in [0.15, 0.2) is 24.3 Å². The number of hydrogen-bond acceptors (Lipinski definition) is 4. The molecule has 0 aliphatic heterocycles. The second kappa shape index (κ2) is 5.11. The molecule has 6 heteroatoms. The molecule has 2 atom stereocenters. The molecule has 1 aromatic carbocycles. The molecular weight excluding hydrogens is 230 g/mol. The van der Waals surface area contributed by atoms with Gasteiger partial charge in [-0.15, -0.1) is 11.6 Å². The van der Waals surface area contributed by atoms with Crippen LogP contribution in [0, 0.1) is 32.8 Å². The average Bonchev–Trinajstić information content (AvgIpc) is 2.30. The van der Waals surface area contributed by atoms with Crippen molar-refractivity contribution < 1.29 is 4.92 Å². The SMILES string of the molecule is N#C[C@H](c1ccc([N+](=O)[O-])cc1)[C@@H](Cl)C#N. The minimum Gasteiger partial charge on any atom is -0.258 e. The molecule has 0 aliphatic rings. The molecule has 1 rings (SSSR count). The smallest absolute Gasteiger partial charge is 0.258 e. The van der Waals surface area contributed by atoms with Crippen molar-refractivity contribution in [3.63, 3.8) is 0 Å². The van der Waals surface area contributed by atoms with Crippen LogP contribution in [0.5, 0.6) is 0 Å². The zero-order valence-electron chi connectivity index (χ0n) is 8.00. The zero-order valence-corrected chi connectivity index (χ0v) is 8.76. The maximum atomic E-state index is 10.4. The van der Waals surface area contributed by atoms with Gasteiger partial charge in [-0.25, -0.2) is 0 Å². The molecule has 0 aromatic heterocycles. The van der Waals surface area contributed by atoms with E-state index in [9.17, 15) is 10.1 Å². The number of non-ortho nitro benzene ring substituents is 1. The summed E-state index contributed by atoms with van der Waals surface area (Å²) < 4.78 is 0. The van der Waals surface area contributed by atoms with Crippen molar-refractivity contribution in [3.8, 4) is 12.1 Å². The Morgan fingerprint density at radius 3 is 2.19 bits per heavy atom. The van der Waals surface area contributed by atoms with Crippen molar-refractivity contribution in [2.24, 2.45) is 0 Å². The van der Waals surface area contributed by atoms with Gasteiger partial charge in [-0.05, 0) is 5.56 Å². The molecule has 0 radical (unpaired) electrons. The molecule has 0 aliphatic carbocycles. The molecule has 0 bridgehead atoms. The van der Waals surface area contributed by atoms with Crippen molar-refractivity contribution >= 4 is 17.3 Å². The number of nitriles is 2. The molecule has 1 aromatic rings. The van der Waals surface area contributed by atoms with Crippen molar-refractivity contribution in [1.82, 2.24) is 0 Å². The highest BCUT2D eigenvalue weighted by molar-refractivity contribution is 6.23. The fraction of sp³-hybridized carbons (Fsp3) is 0.200. The second-order valence-corrected chi connectivity index (χ2v) is 3.46. The Kier molecular flexibility index (Phi) is 3.82. The molecule has 0 unspecified atom stereocenters. The first-order chi connectivity index (χ1) is 7.60. The van der Waals surface area contributed by atoms with Crippen LogP contribution in [-0.2, 0) is 0 Å². The Morgan fingerprint density at radius 2 is 1.81 bits per heavy atom. The summed E-state index contributed by atoms with van der Waals surface area (Å²) >= 11 is 5.65. The molecule has 0 fully saturated rings. The Bertz CT molecular complexity index is 472. The van der Waals surface area contributed by atoms with Gasteiger partial charge in [0.25, 0.3) is 5.69 Å². The number of halogens is 1. The van der Waals surface area contributed by atoms with Gasteiger partial charge in [0.1, 0.15) is 11.3 Å². The fourth-order valence-corrected chi connectivity index (χ4v) is 1.39. The van der Waals surface area contributed by atoms with Gasteiger partial charge in [-0.1, -0.05) is 12.1 Å². The van der Waals surface area contributed by atoms with Crippen LogP contribution in [0.4, 0.5) is 5.69 Å². The third-order valence-electron chi connectivity index (χ3n) is 2.02. The van der Waals surface area contributed by atoms with E-state index in [-0.39, 0.29) is 5.69 Å². The van der Waals surface area contributed by atoms with Crippen molar-refractivity contribution in [3.05, 3.63) is 39.9 Å². The lowest BCUT2D eigenvalue weighted by Crippen LogP contribution is -2.08. The quantitative estimate of drug-likeness (QED) is 0.457. The van der Waals surface area contributed by atoms with Crippen molar-refractivity contribution in [2.75, 3.05) is 0 Å². The van der Waals surface area contributed by atoms with Gasteiger partial charge in [-0.2, -0.15) is 10.5 Å². The normalized spacial score (nSPS) is 13.2. The van der Waals surface area contributed by atoms with Crippen LogP contribution in [0.25, 0.3) is 0 Å². The molecule has 16 heavy (non-hydrogen) atoms. The van der Waals surface area contributed by atoms with E-state index >= 15 is 0 Å². The van der Waals surface area contributed by atoms with E-state index in [1.165, 1.54) is 24.3 Å². The summed E-state index contributed by atoms with van der Waals surface area (Å²) in [6.07, 6.45) is 0. The number of alkyl halides is 1. The molecule has 80 valence electrons. The first-order valence-electron chi connectivity index (χ1n) is 4.27. The Labute approximate surface area is 96.6 Å². The summed E-state index contributed by atoms with van der Waals surface area (Å²) in [5, 5.41) is 26.9. The largest absolute Gasteiger partial charge is 0.269 e. The molecular formula is C10H6ClN3O2. The molecule has 0 saturated carbocycles. The summed E-state index contributed by atoms with van der Waals surface area (Å²) in [6.45, 7) is 0. The monoisotopic (exact) mass is 235 g/mol. The predicted octanol–water partition coefficient (Wildman–Crippen LogP) is 2.33. The van der Waals surface area contributed by atoms with E-state index in [0.29, 0.717) is 5.56 Å². The maximum absolute atomic E-state index is 10.4. The van der Waals surface area contributed by atoms with Crippen LogP contribution >= 0.6 is 11.6 Å². The lowest BCUT2D eigenvalue weighted by molar-refractivity contribution is -0.384. The van der Waals surface area contributed by atoms with E-state index in [2.05, 4.69) is 0 Å². The van der Waals surface area contributed by atoms with E-state index < -0.39 is 16.2 Å². The third-order valence-corrected chi connectivity index (χ3v) is 2.37. The van der Waals surface area contributed by atoms with Crippen LogP contribution in [-0.4, -0.2) is 10.3 Å². The van der Waals surface area contributed by atoms with Gasteiger partial charge in [-0.3, -0.25) is 10.1 Å². The number of nitro groups is 1. The highest BCUT2D eigenvalue weighted by Gasteiger charge is 2.21. The Balaban J connectivity index is 3.02. The standard InChI is InChI=1S/C10H6ClN3O2/c11-10(6-13)9(5-12)7-1-3-8(4-2-7)14(15)16/h1-4,9-10H/t9-,10+/m1/s1. The third kappa shape index (κ3) is 2.47. The molecule has 0 saturated heterocycles. The summed E-state index contributed by atoms with van der Waals surface area (Å²) in [5.74, 6) is -0.785. The van der Waals surface area contributed by atoms with Crippen molar-refractivity contribution in [2.45, 2.75) is 11.3 Å². The minimum absolute atomic E-state index is 0.0662. The zero-order chi connectivity index (χ0) is 12.1. The van der Waals surface area contributed by atoms with E-state index in [1.54, 1.807) is 6.07 Å². The molecule has 0 spiro atoms. The Hall–Kier alpha value is -2.11. The number of rotatable bonds is 3. The minimum atomic E-state index is -0.966. The van der Waals surface area contributed by atoms with E-state index in [0.717, 1.165) is 0 Å². The molecule has 0 N–H and O–H groups in total. The van der Waals surface area contributed by atoms with Gasteiger partial charge in [0.2, 0.25) is 0 Å². The van der Waals surface area contributed by atoms with Crippen LogP contribution < -0.4 is 0 Å². The van der Waals surface area contributed by atoms with Crippen LogP contribution in [0.3, 0.4) is 0 Å². The second-order valence-electron chi connectivity index (χ2n) is 2.99. The van der Waals surface area contributed by atoms with Crippen LogP contribution in [0.1, 0.15) is 11.5 Å². The first-order valence-corrected chi connectivity index (χ1v) is 4.71. The lowest BCUT2D eigenvalue weighted by atomic mass is 9.97. The summed E-state index contributed by atoms with van der Waals surface area (Å²) in [6, 6.07) is 9.07. The molecule has 5 nitrogen and oxygen atoms in total. The summed E-state index contributed by atoms with van der Waals surface area (Å²) in [4.78, 5) is 9.87. The van der Waals surface area contributed by atoms with Crippen LogP contribution in [0.2, 0.25) is 0 Å². The topological polar surface area (TPSA) is 90.7 Å². The van der Waals surface area contributed by atoms with Gasteiger partial charge in [0, 0.05) is 12.1 Å². The molecule has 0 heterocycles. The summed E-state index contributed by atoms with van der Waals surface area (Å²) in [7, 11) is 0. The number of benzene rings is 1. The van der Waals surface area contributed by atoms with E-state index in [1.807, 2.05) is 6.07 Å². The number of nitrogens with zero attached hydrogens (tertiary/aromatic N) is 3. The molecule has 0 amide bonds. The fourth-order valence-electron chi connectivity index (χ4n) is 1.19. The number of hydrogen-bond donors (Lipinski definition) is 0. The Morgan fingerprint density at radius 1 is 1.25 bits per heavy atom. The van der Waals surface area contributed by atoms with E-state index in [4.69, 9.17) is 22.1 Å². The van der Waals surface area contributed by atoms with Gasteiger partial charge >= 0.3 is 0 Å². The average molecular weight is 236 g/mol. The lowest BCUT2D eigenvalue weighted by Gasteiger charge is -2.08. The first kappa shape index (κ1) is 12.0. The highest BCUT2D eigenvalue weighted by atomic mass is 35.5. The van der Waals surface area contributed by atoms with Gasteiger partial charge in [0.15, 0.2) is 0 Å². The van der Waals surface area contributed by atoms with Crippen molar-refractivity contribution in [1.29, 1.82) is 10.5 Å². The van der Waals surface area contributed by atoms with Gasteiger partial charge in [0.05, 0.1) is 17.1 Å². The highest BCUT2D eigenvalue weighted by Crippen LogP contribution is 2.24. The predicted molar refractivity (Wildman–Crippen MR) is 56.7 cm³/mol.